The predicted octanol–water partition coefficient (Wildman–Crippen LogP) is 4.78. The number of ether oxygens (including phenoxy) is 1. The van der Waals surface area contributed by atoms with Crippen molar-refractivity contribution in [3.8, 4) is 11.5 Å². The van der Waals surface area contributed by atoms with Crippen LogP contribution >= 0.6 is 0 Å². The third-order valence-electron chi connectivity index (χ3n) is 4.53. The van der Waals surface area contributed by atoms with Crippen LogP contribution < -0.4 is 10.1 Å². The molecule has 140 valence electrons. The lowest BCUT2D eigenvalue weighted by Gasteiger charge is -2.09. The number of benzene rings is 3. The number of carbonyl (C=O) groups excluding carboxylic acids is 1. The van der Waals surface area contributed by atoms with Gasteiger partial charge in [0, 0.05) is 12.1 Å². The van der Waals surface area contributed by atoms with Crippen LogP contribution in [0, 0.1) is 0 Å². The minimum Gasteiger partial charge on any atom is -0.457 e. The van der Waals surface area contributed by atoms with E-state index in [1.807, 2.05) is 66.7 Å². The first-order valence-corrected chi connectivity index (χ1v) is 9.30. The number of rotatable bonds is 6. The van der Waals surface area contributed by atoms with Crippen molar-refractivity contribution in [1.29, 1.82) is 0 Å². The van der Waals surface area contributed by atoms with Crippen molar-refractivity contribution in [1.82, 2.24) is 14.9 Å². The van der Waals surface area contributed by atoms with E-state index in [4.69, 9.17) is 4.74 Å². The van der Waals surface area contributed by atoms with Gasteiger partial charge in [-0.2, -0.15) is 0 Å². The number of nitrogens with one attached hydrogen (secondary N) is 1. The van der Waals surface area contributed by atoms with Gasteiger partial charge in [0.15, 0.2) is 0 Å². The van der Waals surface area contributed by atoms with Gasteiger partial charge in [-0.15, -0.1) is 0 Å². The lowest BCUT2D eigenvalue weighted by molar-refractivity contribution is 0.0949. The molecular formula is C23H21N3O2. The second-order valence-corrected chi connectivity index (χ2v) is 6.39. The number of para-hydroxylation sites is 3. The fraction of sp³-hybridized carbons (Fsp3) is 0.130. The number of imidazole rings is 1. The van der Waals surface area contributed by atoms with E-state index in [1.165, 1.54) is 0 Å². The zero-order valence-corrected chi connectivity index (χ0v) is 15.6. The van der Waals surface area contributed by atoms with Gasteiger partial charge >= 0.3 is 0 Å². The van der Waals surface area contributed by atoms with Crippen LogP contribution in [-0.2, 0) is 13.1 Å². The molecular weight excluding hydrogens is 350 g/mol. The van der Waals surface area contributed by atoms with E-state index in [0.717, 1.165) is 29.2 Å². The van der Waals surface area contributed by atoms with Gasteiger partial charge in [0.2, 0.25) is 0 Å². The van der Waals surface area contributed by atoms with E-state index in [-0.39, 0.29) is 5.91 Å². The highest BCUT2D eigenvalue weighted by Gasteiger charge is 2.12. The second-order valence-electron chi connectivity index (χ2n) is 6.39. The van der Waals surface area contributed by atoms with Crippen LogP contribution in [0.1, 0.15) is 23.1 Å². The van der Waals surface area contributed by atoms with Crippen molar-refractivity contribution in [3.63, 3.8) is 0 Å². The van der Waals surface area contributed by atoms with Crippen LogP contribution in [-0.4, -0.2) is 15.5 Å². The summed E-state index contributed by atoms with van der Waals surface area (Å²) in [7, 11) is 0. The summed E-state index contributed by atoms with van der Waals surface area (Å²) in [6.45, 7) is 3.24. The van der Waals surface area contributed by atoms with Crippen molar-refractivity contribution in [2.75, 3.05) is 0 Å². The van der Waals surface area contributed by atoms with Crippen LogP contribution in [0.4, 0.5) is 0 Å². The Kier molecular flexibility index (Phi) is 5.06. The third kappa shape index (κ3) is 3.74. The molecule has 28 heavy (non-hydrogen) atoms. The summed E-state index contributed by atoms with van der Waals surface area (Å²) in [5.41, 5.74) is 2.56. The van der Waals surface area contributed by atoms with Gasteiger partial charge in [-0.1, -0.05) is 36.4 Å². The first kappa shape index (κ1) is 17.8. The maximum Gasteiger partial charge on any atom is 0.251 e. The Morgan fingerprint density at radius 2 is 1.71 bits per heavy atom. The highest BCUT2D eigenvalue weighted by Crippen LogP contribution is 2.22. The molecule has 0 saturated heterocycles. The summed E-state index contributed by atoms with van der Waals surface area (Å²) in [6.07, 6.45) is 0. The van der Waals surface area contributed by atoms with Gasteiger partial charge in [-0.05, 0) is 49.4 Å². The lowest BCUT2D eigenvalue weighted by atomic mass is 10.2. The van der Waals surface area contributed by atoms with Gasteiger partial charge in [0.25, 0.3) is 5.91 Å². The first-order chi connectivity index (χ1) is 13.7. The molecule has 1 N–H and O–H groups in total. The van der Waals surface area contributed by atoms with Gasteiger partial charge in [-0.25, -0.2) is 4.98 Å². The van der Waals surface area contributed by atoms with E-state index in [0.29, 0.717) is 17.9 Å². The van der Waals surface area contributed by atoms with E-state index >= 15 is 0 Å². The van der Waals surface area contributed by atoms with Crippen LogP contribution in [0.3, 0.4) is 0 Å². The number of hydrogen-bond donors (Lipinski definition) is 1. The summed E-state index contributed by atoms with van der Waals surface area (Å²) < 4.78 is 7.93. The van der Waals surface area contributed by atoms with Gasteiger partial charge < -0.3 is 14.6 Å². The molecule has 0 aliphatic rings. The van der Waals surface area contributed by atoms with E-state index in [9.17, 15) is 4.79 Å². The number of hydrogen-bond acceptors (Lipinski definition) is 3. The highest BCUT2D eigenvalue weighted by molar-refractivity contribution is 5.94. The number of aromatic nitrogens is 2. The number of aryl methyl sites for hydroxylation is 1. The largest absolute Gasteiger partial charge is 0.457 e. The fourth-order valence-electron chi connectivity index (χ4n) is 3.20. The van der Waals surface area contributed by atoms with Crippen molar-refractivity contribution in [2.24, 2.45) is 0 Å². The number of nitrogens with zero attached hydrogens (tertiary/aromatic N) is 2. The SMILES string of the molecule is CCn1c(CNC(=O)c2cccc(Oc3ccccc3)c2)nc2ccccc21. The summed E-state index contributed by atoms with van der Waals surface area (Å²) in [4.78, 5) is 17.3. The van der Waals surface area contributed by atoms with Crippen LogP contribution in [0.2, 0.25) is 0 Å². The molecule has 0 aliphatic heterocycles. The smallest absolute Gasteiger partial charge is 0.251 e. The number of fused-ring (bicyclic) bond motifs is 1. The molecule has 0 spiro atoms. The molecule has 5 nitrogen and oxygen atoms in total. The van der Waals surface area contributed by atoms with Crippen LogP contribution in [0.5, 0.6) is 11.5 Å². The Balaban J connectivity index is 1.48. The van der Waals surface area contributed by atoms with Crippen molar-refractivity contribution in [3.05, 3.63) is 90.3 Å². The van der Waals surface area contributed by atoms with E-state index in [2.05, 4.69) is 21.8 Å². The van der Waals surface area contributed by atoms with Crippen molar-refractivity contribution in [2.45, 2.75) is 20.0 Å². The topological polar surface area (TPSA) is 56.2 Å². The fourth-order valence-corrected chi connectivity index (χ4v) is 3.20. The Morgan fingerprint density at radius 1 is 0.964 bits per heavy atom. The number of amides is 1. The van der Waals surface area contributed by atoms with Gasteiger partial charge in [-0.3, -0.25) is 4.79 Å². The first-order valence-electron chi connectivity index (χ1n) is 9.30. The minimum absolute atomic E-state index is 0.159. The van der Waals surface area contributed by atoms with E-state index in [1.54, 1.807) is 12.1 Å². The van der Waals surface area contributed by atoms with Crippen LogP contribution in [0.15, 0.2) is 78.9 Å². The van der Waals surface area contributed by atoms with Crippen molar-refractivity contribution < 1.29 is 9.53 Å². The molecule has 1 amide bonds. The standard InChI is InChI=1S/C23H21N3O2/c1-2-26-21-14-7-6-13-20(21)25-22(26)16-24-23(27)17-9-8-12-19(15-17)28-18-10-4-3-5-11-18/h3-15H,2,16H2,1H3,(H,24,27). The summed E-state index contributed by atoms with van der Waals surface area (Å²) in [6, 6.07) is 24.7. The molecule has 1 aromatic heterocycles. The number of carbonyl (C=O) groups is 1. The molecule has 0 aliphatic carbocycles. The summed E-state index contributed by atoms with van der Waals surface area (Å²) >= 11 is 0. The Morgan fingerprint density at radius 3 is 2.54 bits per heavy atom. The Bertz CT molecular complexity index is 1100. The Hall–Kier alpha value is -3.60. The molecule has 1 heterocycles. The third-order valence-corrected chi connectivity index (χ3v) is 4.53. The molecule has 0 fully saturated rings. The molecule has 4 aromatic rings. The summed E-state index contributed by atoms with van der Waals surface area (Å²) in [5, 5.41) is 2.96. The highest BCUT2D eigenvalue weighted by atomic mass is 16.5. The lowest BCUT2D eigenvalue weighted by Crippen LogP contribution is -2.24. The molecule has 0 bridgehead atoms. The summed E-state index contributed by atoms with van der Waals surface area (Å²) in [5.74, 6) is 2.04. The van der Waals surface area contributed by atoms with Crippen molar-refractivity contribution >= 4 is 16.9 Å². The quantitative estimate of drug-likeness (QED) is 0.531. The molecule has 0 radical (unpaired) electrons. The zero-order chi connectivity index (χ0) is 19.3. The average molecular weight is 371 g/mol. The zero-order valence-electron chi connectivity index (χ0n) is 15.6. The maximum absolute atomic E-state index is 12.6. The molecule has 5 heteroatoms. The minimum atomic E-state index is -0.159. The molecule has 0 unspecified atom stereocenters. The second kappa shape index (κ2) is 7.96. The average Bonchev–Trinajstić information content (AvgIpc) is 3.10. The monoisotopic (exact) mass is 371 g/mol. The maximum atomic E-state index is 12.6. The Labute approximate surface area is 163 Å². The molecule has 0 saturated carbocycles. The van der Waals surface area contributed by atoms with Gasteiger partial charge in [0.1, 0.15) is 17.3 Å². The molecule has 3 aromatic carbocycles. The van der Waals surface area contributed by atoms with Gasteiger partial charge in [0.05, 0.1) is 17.6 Å². The van der Waals surface area contributed by atoms with Crippen LogP contribution in [0.25, 0.3) is 11.0 Å². The molecule has 4 rings (SSSR count). The molecule has 0 atom stereocenters. The van der Waals surface area contributed by atoms with E-state index < -0.39 is 0 Å². The normalized spacial score (nSPS) is 10.8. The predicted molar refractivity (Wildman–Crippen MR) is 110 cm³/mol.